The molecule has 8 heteroatoms. The lowest BCUT2D eigenvalue weighted by Crippen LogP contribution is -2.25. The molecule has 0 aliphatic carbocycles. The summed E-state index contributed by atoms with van der Waals surface area (Å²) in [5.74, 6) is 0.301. The van der Waals surface area contributed by atoms with Crippen molar-refractivity contribution in [1.29, 1.82) is 0 Å². The van der Waals surface area contributed by atoms with E-state index in [0.29, 0.717) is 28.1 Å². The summed E-state index contributed by atoms with van der Waals surface area (Å²) < 4.78 is 46.5. The molecule has 0 fully saturated rings. The quantitative estimate of drug-likeness (QED) is 0.504. The highest BCUT2D eigenvalue weighted by molar-refractivity contribution is 5.97. The highest BCUT2D eigenvalue weighted by Gasteiger charge is 2.30. The Kier molecular flexibility index (Phi) is 5.07. The maximum atomic E-state index is 13.1. The summed E-state index contributed by atoms with van der Waals surface area (Å²) in [5.41, 5.74) is 2.01. The zero-order valence-corrected chi connectivity index (χ0v) is 16.0. The molecule has 3 heterocycles. The zero-order valence-electron chi connectivity index (χ0n) is 16.0. The molecule has 0 aliphatic heterocycles. The van der Waals surface area contributed by atoms with Crippen molar-refractivity contribution >= 4 is 17.0 Å². The van der Waals surface area contributed by atoms with E-state index in [9.17, 15) is 18.0 Å². The summed E-state index contributed by atoms with van der Waals surface area (Å²) in [6, 6.07) is 12.1. The van der Waals surface area contributed by atoms with Crippen LogP contribution in [0.25, 0.3) is 11.1 Å². The van der Waals surface area contributed by atoms with Crippen LogP contribution in [-0.2, 0) is 19.3 Å². The second-order valence-electron chi connectivity index (χ2n) is 6.96. The van der Waals surface area contributed by atoms with E-state index in [1.807, 2.05) is 6.07 Å². The molecule has 30 heavy (non-hydrogen) atoms. The van der Waals surface area contributed by atoms with Crippen molar-refractivity contribution in [3.05, 3.63) is 89.1 Å². The molecule has 1 N–H and O–H groups in total. The third-order valence-electron chi connectivity index (χ3n) is 4.72. The Morgan fingerprint density at radius 3 is 2.67 bits per heavy atom. The lowest BCUT2D eigenvalue weighted by Gasteiger charge is -2.13. The first-order valence-electron chi connectivity index (χ1n) is 9.24. The van der Waals surface area contributed by atoms with Gasteiger partial charge in [-0.3, -0.25) is 9.78 Å². The van der Waals surface area contributed by atoms with Crippen LogP contribution < -0.4 is 5.32 Å². The van der Waals surface area contributed by atoms with Gasteiger partial charge in [0, 0.05) is 37.6 Å². The Labute approximate surface area is 170 Å². The number of nitrogens with zero attached hydrogens (tertiary/aromatic N) is 2. The van der Waals surface area contributed by atoms with Crippen LogP contribution in [0.3, 0.4) is 0 Å². The summed E-state index contributed by atoms with van der Waals surface area (Å²) in [6.07, 6.45) is -1.14. The number of aromatic nitrogens is 2. The maximum Gasteiger partial charge on any atom is 0.416 e. The number of aryl methyl sites for hydroxylation is 1. The van der Waals surface area contributed by atoms with Gasteiger partial charge < -0.3 is 14.3 Å². The van der Waals surface area contributed by atoms with E-state index in [2.05, 4.69) is 10.3 Å². The first-order chi connectivity index (χ1) is 14.3. The number of fused-ring (bicyclic) bond motifs is 1. The Balaban J connectivity index is 1.65. The zero-order chi connectivity index (χ0) is 21.3. The third-order valence-corrected chi connectivity index (χ3v) is 4.72. The number of hydrogen-bond donors (Lipinski definition) is 1. The van der Waals surface area contributed by atoms with Crippen molar-refractivity contribution < 1.29 is 22.4 Å². The first-order valence-corrected chi connectivity index (χ1v) is 9.24. The van der Waals surface area contributed by atoms with E-state index in [0.717, 1.165) is 17.7 Å². The molecule has 0 spiro atoms. The number of benzene rings is 1. The molecule has 154 valence electrons. The van der Waals surface area contributed by atoms with E-state index in [-0.39, 0.29) is 19.0 Å². The van der Waals surface area contributed by atoms with Gasteiger partial charge in [0.1, 0.15) is 11.5 Å². The Hall–Kier alpha value is -3.55. The Morgan fingerprint density at radius 2 is 1.93 bits per heavy atom. The van der Waals surface area contributed by atoms with E-state index in [1.54, 1.807) is 48.1 Å². The topological polar surface area (TPSA) is 60.1 Å². The van der Waals surface area contributed by atoms with Crippen LogP contribution >= 0.6 is 0 Å². The average molecular weight is 413 g/mol. The number of nitrogens with one attached hydrogen (secondary N) is 1. The second kappa shape index (κ2) is 7.70. The number of halogens is 3. The molecule has 4 aromatic rings. The number of carbonyl (C=O) groups is 1. The molecule has 0 radical (unpaired) electrons. The van der Waals surface area contributed by atoms with Gasteiger partial charge in [-0.2, -0.15) is 13.2 Å². The molecule has 0 aliphatic rings. The van der Waals surface area contributed by atoms with Crippen molar-refractivity contribution in [2.75, 3.05) is 0 Å². The van der Waals surface area contributed by atoms with Gasteiger partial charge in [-0.25, -0.2) is 0 Å². The van der Waals surface area contributed by atoms with E-state index < -0.39 is 11.7 Å². The number of pyridine rings is 1. The van der Waals surface area contributed by atoms with Crippen LogP contribution in [0.2, 0.25) is 0 Å². The highest BCUT2D eigenvalue weighted by Crippen LogP contribution is 2.30. The van der Waals surface area contributed by atoms with Gasteiger partial charge in [-0.05, 0) is 36.2 Å². The normalized spacial score (nSPS) is 11.7. The fraction of sp³-hybridized carbons (Fsp3) is 0.182. The number of amides is 1. The lowest BCUT2D eigenvalue weighted by atomic mass is 10.1. The van der Waals surface area contributed by atoms with Crippen LogP contribution in [0.4, 0.5) is 13.2 Å². The fourth-order valence-corrected chi connectivity index (χ4v) is 3.33. The van der Waals surface area contributed by atoms with Gasteiger partial charge in [-0.15, -0.1) is 0 Å². The molecule has 0 atom stereocenters. The predicted molar refractivity (Wildman–Crippen MR) is 105 cm³/mol. The van der Waals surface area contributed by atoms with Crippen molar-refractivity contribution in [2.45, 2.75) is 26.2 Å². The van der Waals surface area contributed by atoms with Crippen LogP contribution in [0.15, 0.2) is 65.3 Å². The van der Waals surface area contributed by atoms with Crippen molar-refractivity contribution in [1.82, 2.24) is 14.9 Å². The molecule has 5 nitrogen and oxygen atoms in total. The highest BCUT2D eigenvalue weighted by atomic mass is 19.4. The van der Waals surface area contributed by atoms with Crippen LogP contribution in [-0.4, -0.2) is 15.5 Å². The predicted octanol–water partition coefficient (Wildman–Crippen LogP) is 4.93. The number of alkyl halides is 3. The molecule has 0 bridgehead atoms. The number of carbonyl (C=O) groups excluding carboxylic acids is 1. The van der Waals surface area contributed by atoms with Crippen molar-refractivity contribution in [3.63, 3.8) is 0 Å². The Bertz CT molecular complexity index is 1190. The number of furan rings is 1. The average Bonchev–Trinajstić information content (AvgIpc) is 3.23. The van der Waals surface area contributed by atoms with Gasteiger partial charge in [0.15, 0.2) is 5.58 Å². The lowest BCUT2D eigenvalue weighted by molar-refractivity contribution is -0.137. The number of hydrogen-bond acceptors (Lipinski definition) is 3. The third kappa shape index (κ3) is 4.07. The molecule has 4 rings (SSSR count). The standard InChI is InChI=1S/C22H18F3N3O2/c1-14-8-18-20(30-14)10-19(21(29)27-12-16-5-3-7-26-11-16)28(18)13-15-4-2-6-17(9-15)22(23,24)25/h2-11H,12-13H2,1H3,(H,27,29). The maximum absolute atomic E-state index is 13.1. The fourth-order valence-electron chi connectivity index (χ4n) is 3.33. The van der Waals surface area contributed by atoms with Crippen LogP contribution in [0.1, 0.15) is 32.9 Å². The van der Waals surface area contributed by atoms with Gasteiger partial charge >= 0.3 is 6.18 Å². The largest absolute Gasteiger partial charge is 0.460 e. The summed E-state index contributed by atoms with van der Waals surface area (Å²) in [6.45, 7) is 2.15. The van der Waals surface area contributed by atoms with E-state index >= 15 is 0 Å². The van der Waals surface area contributed by atoms with Crippen LogP contribution in [0, 0.1) is 6.92 Å². The molecular weight excluding hydrogens is 395 g/mol. The monoisotopic (exact) mass is 413 g/mol. The van der Waals surface area contributed by atoms with Gasteiger partial charge in [0.2, 0.25) is 0 Å². The molecule has 0 saturated heterocycles. The minimum Gasteiger partial charge on any atom is -0.460 e. The molecule has 3 aromatic heterocycles. The van der Waals surface area contributed by atoms with E-state index in [1.165, 1.54) is 6.07 Å². The summed E-state index contributed by atoms with van der Waals surface area (Å²) >= 11 is 0. The van der Waals surface area contributed by atoms with Crippen molar-refractivity contribution in [3.8, 4) is 0 Å². The Morgan fingerprint density at radius 1 is 1.13 bits per heavy atom. The van der Waals surface area contributed by atoms with Gasteiger partial charge in [0.05, 0.1) is 11.1 Å². The van der Waals surface area contributed by atoms with Gasteiger partial charge in [0.25, 0.3) is 5.91 Å². The summed E-state index contributed by atoms with van der Waals surface area (Å²) in [4.78, 5) is 16.8. The van der Waals surface area contributed by atoms with Crippen LogP contribution in [0.5, 0.6) is 0 Å². The van der Waals surface area contributed by atoms with Gasteiger partial charge in [-0.1, -0.05) is 18.2 Å². The summed E-state index contributed by atoms with van der Waals surface area (Å²) in [5, 5.41) is 2.82. The molecular formula is C22H18F3N3O2. The molecule has 0 unspecified atom stereocenters. The second-order valence-corrected chi connectivity index (χ2v) is 6.96. The molecule has 1 aromatic carbocycles. The molecule has 1 amide bonds. The van der Waals surface area contributed by atoms with E-state index in [4.69, 9.17) is 4.42 Å². The molecule has 0 saturated carbocycles. The summed E-state index contributed by atoms with van der Waals surface area (Å²) in [7, 11) is 0. The minimum atomic E-state index is -4.43. The smallest absolute Gasteiger partial charge is 0.416 e. The minimum absolute atomic E-state index is 0.0992. The SMILES string of the molecule is Cc1cc2c(cc(C(=O)NCc3cccnc3)n2Cc2cccc(C(F)(F)F)c2)o1. The number of rotatable bonds is 5. The van der Waals surface area contributed by atoms with Crippen molar-refractivity contribution in [2.24, 2.45) is 0 Å². The first kappa shape index (κ1) is 19.8.